The van der Waals surface area contributed by atoms with E-state index in [1.807, 2.05) is 6.92 Å². The van der Waals surface area contributed by atoms with E-state index in [4.69, 9.17) is 11.6 Å². The average Bonchev–Trinajstić information content (AvgIpc) is 2.86. The van der Waals surface area contributed by atoms with E-state index < -0.39 is 6.61 Å². The topological polar surface area (TPSA) is 47.4 Å². The maximum absolute atomic E-state index is 12.4. The van der Waals surface area contributed by atoms with Crippen molar-refractivity contribution in [3.8, 4) is 5.75 Å². The van der Waals surface area contributed by atoms with Crippen molar-refractivity contribution in [1.29, 1.82) is 0 Å². The van der Waals surface area contributed by atoms with Gasteiger partial charge < -0.3 is 9.64 Å². The molecular weight excluding hydrogens is 328 g/mol. The van der Waals surface area contributed by atoms with Crippen molar-refractivity contribution >= 4 is 17.5 Å². The fraction of sp³-hybridized carbons (Fsp3) is 0.333. The molecule has 1 amide bonds. The molecule has 0 saturated heterocycles. The van der Waals surface area contributed by atoms with Crippen LogP contribution in [-0.2, 0) is 13.1 Å². The summed E-state index contributed by atoms with van der Waals surface area (Å²) in [4.78, 5) is 13.8. The van der Waals surface area contributed by atoms with Gasteiger partial charge in [0, 0.05) is 25.4 Å². The predicted octanol–water partition coefficient (Wildman–Crippen LogP) is 3.43. The number of benzene rings is 1. The first-order valence-corrected chi connectivity index (χ1v) is 7.30. The quantitative estimate of drug-likeness (QED) is 0.807. The van der Waals surface area contributed by atoms with Gasteiger partial charge in [-0.25, -0.2) is 0 Å². The van der Waals surface area contributed by atoms with Gasteiger partial charge in [0.1, 0.15) is 11.4 Å². The van der Waals surface area contributed by atoms with Gasteiger partial charge in [0.05, 0.1) is 11.6 Å². The van der Waals surface area contributed by atoms with Crippen molar-refractivity contribution < 1.29 is 18.3 Å². The molecule has 0 aliphatic heterocycles. The van der Waals surface area contributed by atoms with Crippen LogP contribution in [0, 0.1) is 0 Å². The molecule has 23 heavy (non-hydrogen) atoms. The highest BCUT2D eigenvalue weighted by atomic mass is 35.5. The minimum Gasteiger partial charge on any atom is -0.435 e. The Balaban J connectivity index is 2.11. The van der Waals surface area contributed by atoms with E-state index in [0.717, 1.165) is 0 Å². The predicted molar refractivity (Wildman–Crippen MR) is 81.8 cm³/mol. The molecule has 0 radical (unpaired) electrons. The number of amides is 1. The Labute approximate surface area is 137 Å². The summed E-state index contributed by atoms with van der Waals surface area (Å²) in [6.45, 7) is -0.124. The lowest BCUT2D eigenvalue weighted by Crippen LogP contribution is -2.26. The number of aryl methyl sites for hydroxylation is 1. The Morgan fingerprint density at radius 2 is 2.22 bits per heavy atom. The second kappa shape index (κ2) is 7.41. The SMILES string of the molecule is CCn1cc(Cl)c(CN(C)C(=O)c2cccc(OC(F)F)c2)n1. The Hall–Kier alpha value is -2.15. The number of alkyl halides is 2. The summed E-state index contributed by atoms with van der Waals surface area (Å²) in [5, 5.41) is 4.74. The summed E-state index contributed by atoms with van der Waals surface area (Å²) in [6.07, 6.45) is 1.69. The van der Waals surface area contributed by atoms with Crippen LogP contribution in [0.1, 0.15) is 23.0 Å². The molecule has 124 valence electrons. The van der Waals surface area contributed by atoms with Crippen LogP contribution in [-0.4, -0.2) is 34.2 Å². The summed E-state index contributed by atoms with van der Waals surface area (Å²) in [5.74, 6) is -0.403. The number of hydrogen-bond donors (Lipinski definition) is 0. The normalized spacial score (nSPS) is 10.9. The van der Waals surface area contributed by atoms with Crippen LogP contribution >= 0.6 is 11.6 Å². The van der Waals surface area contributed by atoms with Gasteiger partial charge in [-0.2, -0.15) is 13.9 Å². The zero-order chi connectivity index (χ0) is 17.0. The van der Waals surface area contributed by atoms with E-state index in [9.17, 15) is 13.6 Å². The molecule has 2 rings (SSSR count). The molecule has 1 heterocycles. The van der Waals surface area contributed by atoms with Gasteiger partial charge in [-0.3, -0.25) is 9.48 Å². The Morgan fingerprint density at radius 1 is 1.48 bits per heavy atom. The standard InChI is InChI=1S/C15H16ClF2N3O2/c1-3-21-8-12(16)13(19-21)9-20(2)14(22)10-5-4-6-11(7-10)23-15(17)18/h4-8,15H,3,9H2,1-2H3. The number of aromatic nitrogens is 2. The van der Waals surface area contributed by atoms with Gasteiger partial charge in [0.25, 0.3) is 5.91 Å². The molecule has 0 bridgehead atoms. The van der Waals surface area contributed by atoms with E-state index in [1.165, 1.54) is 29.2 Å². The Kier molecular flexibility index (Phi) is 5.54. The van der Waals surface area contributed by atoms with Crippen LogP contribution in [0.15, 0.2) is 30.5 Å². The molecule has 0 spiro atoms. The van der Waals surface area contributed by atoms with Gasteiger partial charge in [0.2, 0.25) is 0 Å². The lowest BCUT2D eigenvalue weighted by Gasteiger charge is -2.16. The molecule has 5 nitrogen and oxygen atoms in total. The van der Waals surface area contributed by atoms with Crippen LogP contribution in [0.5, 0.6) is 5.75 Å². The molecule has 0 atom stereocenters. The minimum absolute atomic E-state index is 0.0625. The Bertz CT molecular complexity index is 691. The average molecular weight is 344 g/mol. The molecule has 0 fully saturated rings. The van der Waals surface area contributed by atoms with Crippen LogP contribution in [0.25, 0.3) is 0 Å². The number of carbonyl (C=O) groups is 1. The van der Waals surface area contributed by atoms with E-state index in [2.05, 4.69) is 9.84 Å². The van der Waals surface area contributed by atoms with Gasteiger partial charge in [-0.15, -0.1) is 0 Å². The first-order valence-electron chi connectivity index (χ1n) is 6.93. The van der Waals surface area contributed by atoms with Crippen LogP contribution in [0.3, 0.4) is 0 Å². The van der Waals surface area contributed by atoms with E-state index in [0.29, 0.717) is 17.3 Å². The molecule has 0 unspecified atom stereocenters. The van der Waals surface area contributed by atoms with Crippen LogP contribution in [0.4, 0.5) is 8.78 Å². The third kappa shape index (κ3) is 4.41. The number of halogens is 3. The molecule has 1 aromatic heterocycles. The second-order valence-electron chi connectivity index (χ2n) is 4.85. The van der Waals surface area contributed by atoms with Crippen LogP contribution < -0.4 is 4.74 Å². The van der Waals surface area contributed by atoms with Crippen molar-refractivity contribution in [1.82, 2.24) is 14.7 Å². The van der Waals surface area contributed by atoms with Gasteiger partial charge in [-0.1, -0.05) is 17.7 Å². The lowest BCUT2D eigenvalue weighted by atomic mass is 10.2. The molecule has 0 saturated carbocycles. The maximum atomic E-state index is 12.4. The highest BCUT2D eigenvalue weighted by Gasteiger charge is 2.16. The highest BCUT2D eigenvalue weighted by molar-refractivity contribution is 6.31. The third-order valence-corrected chi connectivity index (χ3v) is 3.47. The van der Waals surface area contributed by atoms with Crippen LogP contribution in [0.2, 0.25) is 5.02 Å². The van der Waals surface area contributed by atoms with Gasteiger partial charge >= 0.3 is 6.61 Å². The Morgan fingerprint density at radius 3 is 2.83 bits per heavy atom. The molecule has 0 aliphatic carbocycles. The molecular formula is C15H16ClF2N3O2. The number of hydrogen-bond acceptors (Lipinski definition) is 3. The number of ether oxygens (including phenoxy) is 1. The van der Waals surface area contributed by atoms with E-state index in [1.54, 1.807) is 17.9 Å². The van der Waals surface area contributed by atoms with Gasteiger partial charge in [0.15, 0.2) is 0 Å². The summed E-state index contributed by atoms with van der Waals surface area (Å²) < 4.78 is 30.4. The van der Waals surface area contributed by atoms with Gasteiger partial charge in [-0.05, 0) is 25.1 Å². The minimum atomic E-state index is -2.94. The third-order valence-electron chi connectivity index (χ3n) is 3.15. The van der Waals surface area contributed by atoms with Crippen molar-refractivity contribution in [3.63, 3.8) is 0 Å². The number of carbonyl (C=O) groups excluding carboxylic acids is 1. The molecule has 8 heteroatoms. The van der Waals surface area contributed by atoms with Crippen molar-refractivity contribution in [2.24, 2.45) is 0 Å². The first kappa shape index (κ1) is 17.2. The van der Waals surface area contributed by atoms with Crippen molar-refractivity contribution in [3.05, 3.63) is 46.7 Å². The molecule has 0 aliphatic rings. The lowest BCUT2D eigenvalue weighted by molar-refractivity contribution is -0.0499. The summed E-state index contributed by atoms with van der Waals surface area (Å²) in [5.41, 5.74) is 0.820. The molecule has 1 aromatic carbocycles. The first-order chi connectivity index (χ1) is 10.9. The second-order valence-corrected chi connectivity index (χ2v) is 5.25. The maximum Gasteiger partial charge on any atom is 0.387 e. The highest BCUT2D eigenvalue weighted by Crippen LogP contribution is 2.19. The van der Waals surface area contributed by atoms with E-state index in [-0.39, 0.29) is 23.8 Å². The largest absolute Gasteiger partial charge is 0.435 e. The van der Waals surface area contributed by atoms with Crippen molar-refractivity contribution in [2.75, 3.05) is 7.05 Å². The molecule has 2 aromatic rings. The summed E-state index contributed by atoms with van der Waals surface area (Å²) in [7, 11) is 1.59. The summed E-state index contributed by atoms with van der Waals surface area (Å²) in [6, 6.07) is 5.65. The zero-order valence-corrected chi connectivity index (χ0v) is 13.4. The fourth-order valence-corrected chi connectivity index (χ4v) is 2.24. The zero-order valence-electron chi connectivity index (χ0n) is 12.7. The van der Waals surface area contributed by atoms with E-state index >= 15 is 0 Å². The fourth-order valence-electron chi connectivity index (χ4n) is 2.03. The monoisotopic (exact) mass is 343 g/mol. The molecule has 0 N–H and O–H groups in total. The van der Waals surface area contributed by atoms with Crippen molar-refractivity contribution in [2.45, 2.75) is 26.6 Å². The number of nitrogens with zero attached hydrogens (tertiary/aromatic N) is 3. The smallest absolute Gasteiger partial charge is 0.387 e. The number of rotatable bonds is 6. The summed E-state index contributed by atoms with van der Waals surface area (Å²) >= 11 is 6.08.